The number of nitrogens with two attached hydrogens (primary N) is 1. The third kappa shape index (κ3) is 5.53. The van der Waals surface area contributed by atoms with Crippen LogP contribution in [0, 0.1) is 11.8 Å². The van der Waals surface area contributed by atoms with Crippen molar-refractivity contribution in [2.45, 2.75) is 64.8 Å². The SMILES string of the molecule is CC(CCN)CCC(=O)N[C@@H](C)C1CCCC1. The van der Waals surface area contributed by atoms with Gasteiger partial charge in [-0.25, -0.2) is 0 Å². The summed E-state index contributed by atoms with van der Waals surface area (Å²) in [5, 5.41) is 3.15. The van der Waals surface area contributed by atoms with Gasteiger partial charge in [-0.1, -0.05) is 19.8 Å². The minimum Gasteiger partial charge on any atom is -0.353 e. The lowest BCUT2D eigenvalue weighted by molar-refractivity contribution is -0.122. The van der Waals surface area contributed by atoms with E-state index in [4.69, 9.17) is 5.73 Å². The van der Waals surface area contributed by atoms with Crippen LogP contribution in [0.25, 0.3) is 0 Å². The normalized spacial score (nSPS) is 20.2. The van der Waals surface area contributed by atoms with Crippen LogP contribution in [0.4, 0.5) is 0 Å². The molecule has 0 aromatic heterocycles. The topological polar surface area (TPSA) is 55.1 Å². The summed E-state index contributed by atoms with van der Waals surface area (Å²) in [6.45, 7) is 5.04. The molecule has 1 aliphatic rings. The molecule has 100 valence electrons. The van der Waals surface area contributed by atoms with Gasteiger partial charge < -0.3 is 11.1 Å². The Morgan fingerprint density at radius 1 is 1.29 bits per heavy atom. The van der Waals surface area contributed by atoms with E-state index in [1.807, 2.05) is 0 Å². The summed E-state index contributed by atoms with van der Waals surface area (Å²) in [4.78, 5) is 11.8. The zero-order chi connectivity index (χ0) is 12.7. The maximum Gasteiger partial charge on any atom is 0.220 e. The average Bonchev–Trinajstić information content (AvgIpc) is 2.80. The van der Waals surface area contributed by atoms with Crippen LogP contribution in [-0.4, -0.2) is 18.5 Å². The number of carbonyl (C=O) groups is 1. The fourth-order valence-corrected chi connectivity index (χ4v) is 2.71. The van der Waals surface area contributed by atoms with E-state index in [-0.39, 0.29) is 5.91 Å². The van der Waals surface area contributed by atoms with E-state index in [0.29, 0.717) is 24.3 Å². The van der Waals surface area contributed by atoms with Crippen molar-refractivity contribution in [1.29, 1.82) is 0 Å². The standard InChI is InChI=1S/C14H28N2O/c1-11(9-10-15)7-8-14(17)16-12(2)13-5-3-4-6-13/h11-13H,3-10,15H2,1-2H3,(H,16,17)/t11?,12-/m0/s1. The molecular formula is C14H28N2O. The van der Waals surface area contributed by atoms with Crippen molar-refractivity contribution in [3.63, 3.8) is 0 Å². The molecule has 17 heavy (non-hydrogen) atoms. The summed E-state index contributed by atoms with van der Waals surface area (Å²) in [5.74, 6) is 1.49. The van der Waals surface area contributed by atoms with Crippen molar-refractivity contribution in [3.05, 3.63) is 0 Å². The Balaban J connectivity index is 2.15. The molecule has 0 aromatic rings. The molecule has 2 atom stereocenters. The second kappa shape index (κ2) is 7.70. The lowest BCUT2D eigenvalue weighted by Gasteiger charge is -2.20. The molecule has 0 radical (unpaired) electrons. The summed E-state index contributed by atoms with van der Waals surface area (Å²) < 4.78 is 0. The molecule has 0 heterocycles. The molecule has 1 aliphatic carbocycles. The molecule has 0 saturated heterocycles. The van der Waals surface area contributed by atoms with Crippen molar-refractivity contribution in [1.82, 2.24) is 5.32 Å². The van der Waals surface area contributed by atoms with E-state index < -0.39 is 0 Å². The molecule has 0 aromatic carbocycles. The van der Waals surface area contributed by atoms with Crippen LogP contribution in [0.3, 0.4) is 0 Å². The third-order valence-electron chi connectivity index (χ3n) is 4.02. The van der Waals surface area contributed by atoms with E-state index in [9.17, 15) is 4.79 Å². The Labute approximate surface area is 106 Å². The number of hydrogen-bond donors (Lipinski definition) is 2. The van der Waals surface area contributed by atoms with Gasteiger partial charge in [0.05, 0.1) is 0 Å². The Hall–Kier alpha value is -0.570. The van der Waals surface area contributed by atoms with Crippen molar-refractivity contribution >= 4 is 5.91 Å². The highest BCUT2D eigenvalue weighted by Gasteiger charge is 2.22. The predicted octanol–water partition coefficient (Wildman–Crippen LogP) is 2.45. The van der Waals surface area contributed by atoms with Gasteiger partial charge in [0, 0.05) is 12.5 Å². The lowest BCUT2D eigenvalue weighted by atomic mass is 9.98. The summed E-state index contributed by atoms with van der Waals surface area (Å²) in [5.41, 5.74) is 5.50. The van der Waals surface area contributed by atoms with Crippen molar-refractivity contribution in [3.8, 4) is 0 Å². The quantitative estimate of drug-likeness (QED) is 0.718. The minimum absolute atomic E-state index is 0.216. The van der Waals surface area contributed by atoms with Gasteiger partial charge in [-0.05, 0) is 51.0 Å². The van der Waals surface area contributed by atoms with Gasteiger partial charge in [0.15, 0.2) is 0 Å². The Morgan fingerprint density at radius 3 is 2.53 bits per heavy atom. The van der Waals surface area contributed by atoms with Crippen LogP contribution in [0.2, 0.25) is 0 Å². The first-order valence-electron chi connectivity index (χ1n) is 7.13. The first-order valence-corrected chi connectivity index (χ1v) is 7.13. The Bertz CT molecular complexity index is 224. The Kier molecular flexibility index (Phi) is 6.56. The highest BCUT2D eigenvalue weighted by molar-refractivity contribution is 5.76. The van der Waals surface area contributed by atoms with Gasteiger partial charge in [-0.2, -0.15) is 0 Å². The van der Waals surface area contributed by atoms with Gasteiger partial charge >= 0.3 is 0 Å². The monoisotopic (exact) mass is 240 g/mol. The van der Waals surface area contributed by atoms with E-state index in [0.717, 1.165) is 19.4 Å². The molecule has 0 bridgehead atoms. The van der Waals surface area contributed by atoms with Crippen LogP contribution in [0.1, 0.15) is 58.8 Å². The van der Waals surface area contributed by atoms with Crippen LogP contribution >= 0.6 is 0 Å². The molecule has 1 rings (SSSR count). The number of hydrogen-bond acceptors (Lipinski definition) is 2. The second-order valence-electron chi connectivity index (χ2n) is 5.62. The average molecular weight is 240 g/mol. The molecule has 1 unspecified atom stereocenters. The summed E-state index contributed by atoms with van der Waals surface area (Å²) >= 11 is 0. The number of carbonyl (C=O) groups excluding carboxylic acids is 1. The predicted molar refractivity (Wildman–Crippen MR) is 71.6 cm³/mol. The van der Waals surface area contributed by atoms with E-state index >= 15 is 0 Å². The minimum atomic E-state index is 0.216. The highest BCUT2D eigenvalue weighted by Crippen LogP contribution is 2.27. The number of nitrogens with one attached hydrogen (secondary N) is 1. The number of amides is 1. The molecular weight excluding hydrogens is 212 g/mol. The summed E-state index contributed by atoms with van der Waals surface area (Å²) in [7, 11) is 0. The first kappa shape index (κ1) is 14.5. The molecule has 1 amide bonds. The summed E-state index contributed by atoms with van der Waals surface area (Å²) in [6, 6.07) is 0.356. The van der Waals surface area contributed by atoms with Crippen molar-refractivity contribution < 1.29 is 4.79 Å². The van der Waals surface area contributed by atoms with Gasteiger partial charge in [0.25, 0.3) is 0 Å². The number of rotatable bonds is 7. The van der Waals surface area contributed by atoms with Crippen molar-refractivity contribution in [2.75, 3.05) is 6.54 Å². The molecule has 3 heteroatoms. The van der Waals surface area contributed by atoms with Crippen LogP contribution in [0.5, 0.6) is 0 Å². The van der Waals surface area contributed by atoms with Crippen molar-refractivity contribution in [2.24, 2.45) is 17.6 Å². The maximum absolute atomic E-state index is 11.8. The smallest absolute Gasteiger partial charge is 0.220 e. The maximum atomic E-state index is 11.8. The zero-order valence-corrected chi connectivity index (χ0v) is 11.4. The fourth-order valence-electron chi connectivity index (χ4n) is 2.71. The van der Waals surface area contributed by atoms with Crippen LogP contribution in [-0.2, 0) is 4.79 Å². The summed E-state index contributed by atoms with van der Waals surface area (Å²) in [6.07, 6.45) is 7.86. The lowest BCUT2D eigenvalue weighted by Crippen LogP contribution is -2.37. The molecule has 0 aliphatic heterocycles. The van der Waals surface area contributed by atoms with Gasteiger partial charge in [0.1, 0.15) is 0 Å². The first-order chi connectivity index (χ1) is 8.13. The zero-order valence-electron chi connectivity index (χ0n) is 11.4. The fraction of sp³-hybridized carbons (Fsp3) is 0.929. The third-order valence-corrected chi connectivity index (χ3v) is 4.02. The Morgan fingerprint density at radius 2 is 1.94 bits per heavy atom. The molecule has 3 N–H and O–H groups in total. The van der Waals surface area contributed by atoms with Gasteiger partial charge in [-0.3, -0.25) is 4.79 Å². The van der Waals surface area contributed by atoms with E-state index in [1.54, 1.807) is 0 Å². The molecule has 0 spiro atoms. The molecule has 3 nitrogen and oxygen atoms in total. The van der Waals surface area contributed by atoms with Gasteiger partial charge in [0.2, 0.25) is 5.91 Å². The molecule has 1 saturated carbocycles. The van der Waals surface area contributed by atoms with Gasteiger partial charge in [-0.15, -0.1) is 0 Å². The largest absolute Gasteiger partial charge is 0.353 e. The highest BCUT2D eigenvalue weighted by atomic mass is 16.1. The van der Waals surface area contributed by atoms with Crippen LogP contribution in [0.15, 0.2) is 0 Å². The van der Waals surface area contributed by atoms with Crippen LogP contribution < -0.4 is 11.1 Å². The van der Waals surface area contributed by atoms with E-state index in [1.165, 1.54) is 25.7 Å². The molecule has 1 fully saturated rings. The second-order valence-corrected chi connectivity index (χ2v) is 5.62. The van der Waals surface area contributed by atoms with E-state index in [2.05, 4.69) is 19.2 Å².